The number of halogens is 2. The third kappa shape index (κ3) is 2.10. The Morgan fingerprint density at radius 3 is 2.43 bits per heavy atom. The molecule has 0 radical (unpaired) electrons. The lowest BCUT2D eigenvalue weighted by Crippen LogP contribution is -1.79. The topological polar surface area (TPSA) is 0 Å². The zero-order valence-corrected chi connectivity index (χ0v) is 10.3. The number of hydrogen-bond donors (Lipinski definition) is 0. The second-order valence-corrected chi connectivity index (χ2v) is 4.64. The molecule has 2 aromatic carbocycles. The van der Waals surface area contributed by atoms with Crippen LogP contribution < -0.4 is 0 Å². The Morgan fingerprint density at radius 2 is 1.71 bits per heavy atom. The van der Waals surface area contributed by atoms with Crippen LogP contribution in [0, 0.1) is 3.57 Å². The van der Waals surface area contributed by atoms with Gasteiger partial charge in [-0.15, -0.1) is 0 Å². The molecule has 14 heavy (non-hydrogen) atoms. The molecule has 0 saturated carbocycles. The molecule has 2 rings (SSSR count). The molecule has 0 aliphatic rings. The summed E-state index contributed by atoms with van der Waals surface area (Å²) in [6.07, 6.45) is 0. The second-order valence-electron chi connectivity index (χ2n) is 2.99. The minimum atomic E-state index is 0.800. The van der Waals surface area contributed by atoms with Crippen LogP contribution >= 0.6 is 34.2 Å². The normalized spacial score (nSPS) is 10.1. The zero-order chi connectivity index (χ0) is 9.97. The SMILES string of the molecule is Clc1ccccc1-c1cccc(I)c1. The zero-order valence-electron chi connectivity index (χ0n) is 7.37. The Kier molecular flexibility index (Phi) is 3.08. The van der Waals surface area contributed by atoms with E-state index in [9.17, 15) is 0 Å². The average Bonchev–Trinajstić information content (AvgIpc) is 2.18. The van der Waals surface area contributed by atoms with Crippen molar-refractivity contribution in [3.05, 3.63) is 57.1 Å². The van der Waals surface area contributed by atoms with Crippen LogP contribution in [0.5, 0.6) is 0 Å². The maximum atomic E-state index is 6.11. The highest BCUT2D eigenvalue weighted by Gasteiger charge is 2.01. The predicted molar refractivity (Wildman–Crippen MR) is 69.6 cm³/mol. The van der Waals surface area contributed by atoms with Crippen molar-refractivity contribution in [1.29, 1.82) is 0 Å². The number of benzene rings is 2. The Hall–Kier alpha value is -0.540. The first-order chi connectivity index (χ1) is 6.77. The minimum absolute atomic E-state index is 0.800. The predicted octanol–water partition coefficient (Wildman–Crippen LogP) is 4.61. The summed E-state index contributed by atoms with van der Waals surface area (Å²) in [5.74, 6) is 0. The van der Waals surface area contributed by atoms with E-state index in [4.69, 9.17) is 11.6 Å². The summed E-state index contributed by atoms with van der Waals surface area (Å²) in [7, 11) is 0. The van der Waals surface area contributed by atoms with Crippen molar-refractivity contribution in [2.24, 2.45) is 0 Å². The van der Waals surface area contributed by atoms with Gasteiger partial charge in [-0.2, -0.15) is 0 Å². The molecule has 0 atom stereocenters. The van der Waals surface area contributed by atoms with Crippen LogP contribution in [0.1, 0.15) is 0 Å². The number of hydrogen-bond acceptors (Lipinski definition) is 0. The van der Waals surface area contributed by atoms with Gasteiger partial charge in [0.25, 0.3) is 0 Å². The van der Waals surface area contributed by atoms with Crippen molar-refractivity contribution in [3.8, 4) is 11.1 Å². The maximum absolute atomic E-state index is 6.11. The van der Waals surface area contributed by atoms with E-state index < -0.39 is 0 Å². The Bertz CT molecular complexity index is 452. The second kappa shape index (κ2) is 4.32. The molecule has 0 aromatic heterocycles. The van der Waals surface area contributed by atoms with Crippen molar-refractivity contribution in [2.45, 2.75) is 0 Å². The van der Waals surface area contributed by atoms with Gasteiger partial charge >= 0.3 is 0 Å². The van der Waals surface area contributed by atoms with Crippen LogP contribution in [0.2, 0.25) is 5.02 Å². The summed E-state index contributed by atoms with van der Waals surface area (Å²) in [6, 6.07) is 16.2. The molecule has 0 unspecified atom stereocenters. The summed E-state index contributed by atoms with van der Waals surface area (Å²) < 4.78 is 1.22. The van der Waals surface area contributed by atoms with Crippen LogP contribution in [-0.2, 0) is 0 Å². The molecule has 0 N–H and O–H groups in total. The van der Waals surface area contributed by atoms with Gasteiger partial charge in [0.1, 0.15) is 0 Å². The van der Waals surface area contributed by atoms with Gasteiger partial charge in [0, 0.05) is 14.2 Å². The smallest absolute Gasteiger partial charge is 0.0484 e. The molecule has 0 aliphatic heterocycles. The van der Waals surface area contributed by atoms with Gasteiger partial charge in [-0.25, -0.2) is 0 Å². The van der Waals surface area contributed by atoms with Gasteiger partial charge in [-0.1, -0.05) is 41.9 Å². The van der Waals surface area contributed by atoms with Gasteiger partial charge in [0.2, 0.25) is 0 Å². The summed E-state index contributed by atoms with van der Waals surface area (Å²) in [5, 5.41) is 0.800. The summed E-state index contributed by atoms with van der Waals surface area (Å²) >= 11 is 8.41. The molecule has 0 heterocycles. The van der Waals surface area contributed by atoms with Crippen LogP contribution in [-0.4, -0.2) is 0 Å². The average molecular weight is 315 g/mol. The van der Waals surface area contributed by atoms with Gasteiger partial charge in [0.05, 0.1) is 0 Å². The first-order valence-electron chi connectivity index (χ1n) is 4.28. The van der Waals surface area contributed by atoms with Crippen molar-refractivity contribution in [2.75, 3.05) is 0 Å². The Balaban J connectivity index is 2.55. The van der Waals surface area contributed by atoms with Gasteiger partial charge in [-0.3, -0.25) is 0 Å². The van der Waals surface area contributed by atoms with Gasteiger partial charge in [0.15, 0.2) is 0 Å². The number of rotatable bonds is 1. The van der Waals surface area contributed by atoms with E-state index in [0.717, 1.165) is 10.6 Å². The molecule has 2 heteroatoms. The molecule has 0 bridgehead atoms. The van der Waals surface area contributed by atoms with Crippen molar-refractivity contribution in [3.63, 3.8) is 0 Å². The molecule has 0 nitrogen and oxygen atoms in total. The molecular weight excluding hydrogens is 306 g/mol. The highest BCUT2D eigenvalue weighted by atomic mass is 127. The van der Waals surface area contributed by atoms with Crippen molar-refractivity contribution >= 4 is 34.2 Å². The standard InChI is InChI=1S/C12H8ClI/c13-12-7-2-1-6-11(12)9-4-3-5-10(14)8-9/h1-8H. The van der Waals surface area contributed by atoms with Gasteiger partial charge < -0.3 is 0 Å². The Morgan fingerprint density at radius 1 is 0.929 bits per heavy atom. The minimum Gasteiger partial charge on any atom is -0.0837 e. The first kappa shape index (κ1) is 9.99. The molecule has 70 valence electrons. The highest BCUT2D eigenvalue weighted by Crippen LogP contribution is 2.28. The van der Waals surface area contributed by atoms with E-state index in [1.54, 1.807) is 0 Å². The third-order valence-corrected chi connectivity index (χ3v) is 3.01. The van der Waals surface area contributed by atoms with E-state index in [2.05, 4.69) is 40.8 Å². The van der Waals surface area contributed by atoms with E-state index >= 15 is 0 Å². The molecule has 2 aromatic rings. The molecule has 0 fully saturated rings. The fourth-order valence-corrected chi connectivity index (χ4v) is 2.14. The quantitative estimate of drug-likeness (QED) is 0.674. The van der Waals surface area contributed by atoms with E-state index in [-0.39, 0.29) is 0 Å². The molecule has 0 spiro atoms. The summed E-state index contributed by atoms with van der Waals surface area (Å²) in [4.78, 5) is 0. The fraction of sp³-hybridized carbons (Fsp3) is 0. The largest absolute Gasteiger partial charge is 0.0837 e. The maximum Gasteiger partial charge on any atom is 0.0484 e. The summed E-state index contributed by atoms with van der Waals surface area (Å²) in [5.41, 5.74) is 2.26. The van der Waals surface area contributed by atoms with Gasteiger partial charge in [-0.05, 0) is 46.4 Å². The van der Waals surface area contributed by atoms with Crippen molar-refractivity contribution in [1.82, 2.24) is 0 Å². The third-order valence-electron chi connectivity index (χ3n) is 2.01. The molecule has 0 amide bonds. The van der Waals surface area contributed by atoms with Crippen LogP contribution in [0.3, 0.4) is 0 Å². The molecule has 0 saturated heterocycles. The lowest BCUT2D eigenvalue weighted by molar-refractivity contribution is 1.59. The van der Waals surface area contributed by atoms with Crippen LogP contribution in [0.15, 0.2) is 48.5 Å². The lowest BCUT2D eigenvalue weighted by atomic mass is 10.1. The van der Waals surface area contributed by atoms with Crippen LogP contribution in [0.25, 0.3) is 11.1 Å². The lowest BCUT2D eigenvalue weighted by Gasteiger charge is -2.03. The molecule has 0 aliphatic carbocycles. The van der Waals surface area contributed by atoms with E-state index in [1.165, 1.54) is 9.13 Å². The Labute approximate surface area is 102 Å². The van der Waals surface area contributed by atoms with Crippen LogP contribution in [0.4, 0.5) is 0 Å². The monoisotopic (exact) mass is 314 g/mol. The first-order valence-corrected chi connectivity index (χ1v) is 5.73. The highest BCUT2D eigenvalue weighted by molar-refractivity contribution is 14.1. The van der Waals surface area contributed by atoms with Crippen molar-refractivity contribution < 1.29 is 0 Å². The molecular formula is C12H8ClI. The van der Waals surface area contributed by atoms with E-state index in [0.29, 0.717) is 0 Å². The fourth-order valence-electron chi connectivity index (χ4n) is 1.35. The van der Waals surface area contributed by atoms with E-state index in [1.807, 2.05) is 30.3 Å². The summed E-state index contributed by atoms with van der Waals surface area (Å²) in [6.45, 7) is 0.